The van der Waals surface area contributed by atoms with Gasteiger partial charge in [-0.05, 0) is 24.1 Å². The van der Waals surface area contributed by atoms with E-state index in [0.717, 1.165) is 11.4 Å². The van der Waals surface area contributed by atoms with Gasteiger partial charge in [0.15, 0.2) is 0 Å². The highest BCUT2D eigenvalue weighted by molar-refractivity contribution is 5.92. The number of hydrogen-bond donors (Lipinski definition) is 2. The van der Waals surface area contributed by atoms with Gasteiger partial charge < -0.3 is 20.1 Å². The van der Waals surface area contributed by atoms with Crippen molar-refractivity contribution in [1.82, 2.24) is 0 Å². The number of hydrogen-bond acceptors (Lipinski definition) is 4. The summed E-state index contributed by atoms with van der Waals surface area (Å²) in [5.41, 5.74) is 1.70. The number of carbonyl (C=O) groups is 1. The van der Waals surface area contributed by atoms with Gasteiger partial charge in [-0.3, -0.25) is 4.79 Å². The molecule has 0 heterocycles. The highest BCUT2D eigenvalue weighted by Crippen LogP contribution is 2.18. The molecule has 0 aromatic heterocycles. The number of anilines is 2. The molecule has 0 spiro atoms. The van der Waals surface area contributed by atoms with Gasteiger partial charge >= 0.3 is 0 Å². The Morgan fingerprint density at radius 1 is 1.20 bits per heavy atom. The van der Waals surface area contributed by atoms with Crippen molar-refractivity contribution in [1.29, 1.82) is 0 Å². The average molecular weight is 280 g/mol. The Kier molecular flexibility index (Phi) is 7.04. The van der Waals surface area contributed by atoms with Gasteiger partial charge in [0.05, 0.1) is 12.6 Å². The summed E-state index contributed by atoms with van der Waals surface area (Å²) in [4.78, 5) is 11.5. The van der Waals surface area contributed by atoms with E-state index in [9.17, 15) is 4.79 Å². The van der Waals surface area contributed by atoms with Crippen LogP contribution in [0.25, 0.3) is 0 Å². The molecule has 2 N–H and O–H groups in total. The Hall–Kier alpha value is -1.59. The zero-order chi connectivity index (χ0) is 15.0. The maximum absolute atomic E-state index is 11.5. The van der Waals surface area contributed by atoms with Crippen LogP contribution in [0.4, 0.5) is 11.4 Å². The molecule has 5 heteroatoms. The monoisotopic (exact) mass is 280 g/mol. The van der Waals surface area contributed by atoms with Crippen molar-refractivity contribution in [3.05, 3.63) is 24.3 Å². The van der Waals surface area contributed by atoms with Crippen LogP contribution in [-0.2, 0) is 14.3 Å². The molecule has 0 aliphatic heterocycles. The summed E-state index contributed by atoms with van der Waals surface area (Å²) in [6.45, 7) is 4.97. The first-order chi connectivity index (χ1) is 9.56. The lowest BCUT2D eigenvalue weighted by Crippen LogP contribution is -2.30. The van der Waals surface area contributed by atoms with Crippen molar-refractivity contribution in [2.45, 2.75) is 19.9 Å². The van der Waals surface area contributed by atoms with Crippen LogP contribution in [0.5, 0.6) is 0 Å². The number of benzene rings is 1. The lowest BCUT2D eigenvalue weighted by Gasteiger charge is -2.23. The predicted molar refractivity (Wildman–Crippen MR) is 81.1 cm³/mol. The largest absolute Gasteiger partial charge is 0.383 e. The lowest BCUT2D eigenvalue weighted by atomic mass is 10.0. The molecule has 20 heavy (non-hydrogen) atoms. The Morgan fingerprint density at radius 2 is 1.90 bits per heavy atom. The van der Waals surface area contributed by atoms with Crippen LogP contribution in [0.1, 0.15) is 13.8 Å². The van der Waals surface area contributed by atoms with Crippen LogP contribution < -0.4 is 10.6 Å². The van der Waals surface area contributed by atoms with Crippen LogP contribution in [0.3, 0.4) is 0 Å². The normalized spacial score (nSPS) is 12.2. The Morgan fingerprint density at radius 3 is 2.50 bits per heavy atom. The van der Waals surface area contributed by atoms with Gasteiger partial charge in [0.1, 0.15) is 6.61 Å². The lowest BCUT2D eigenvalue weighted by molar-refractivity contribution is -0.119. The molecule has 1 amide bonds. The third kappa shape index (κ3) is 5.59. The highest BCUT2D eigenvalue weighted by Gasteiger charge is 2.13. The van der Waals surface area contributed by atoms with Gasteiger partial charge in [0, 0.05) is 25.6 Å². The smallest absolute Gasteiger partial charge is 0.250 e. The summed E-state index contributed by atoms with van der Waals surface area (Å²) in [7, 11) is 3.19. The fourth-order valence-electron chi connectivity index (χ4n) is 1.81. The Balaban J connectivity index is 2.69. The van der Waals surface area contributed by atoms with Gasteiger partial charge in [0.25, 0.3) is 0 Å². The van der Waals surface area contributed by atoms with Gasteiger partial charge in [-0.2, -0.15) is 0 Å². The molecular formula is C15H24N2O3. The number of ether oxygens (including phenoxy) is 2. The standard InChI is InChI=1S/C15H24N2O3/c1-11(2)14(9-19-3)16-12-6-5-7-13(8-12)17-15(18)10-20-4/h5-8,11,14,16H,9-10H2,1-4H3,(H,17,18). The van der Waals surface area contributed by atoms with E-state index in [1.54, 1.807) is 7.11 Å². The highest BCUT2D eigenvalue weighted by atomic mass is 16.5. The minimum absolute atomic E-state index is 0.0515. The molecule has 1 rings (SSSR count). The maximum Gasteiger partial charge on any atom is 0.250 e. The molecule has 0 fully saturated rings. The SMILES string of the molecule is COCC(=O)Nc1cccc(NC(COC)C(C)C)c1. The molecule has 0 saturated heterocycles. The molecule has 1 unspecified atom stereocenters. The number of nitrogens with one attached hydrogen (secondary N) is 2. The molecule has 1 aromatic carbocycles. The van der Waals surface area contributed by atoms with Crippen molar-refractivity contribution in [3.8, 4) is 0 Å². The van der Waals surface area contributed by atoms with E-state index in [0.29, 0.717) is 12.5 Å². The third-order valence-electron chi connectivity index (χ3n) is 2.92. The van der Waals surface area contributed by atoms with Gasteiger partial charge in [-0.1, -0.05) is 19.9 Å². The van der Waals surface area contributed by atoms with Crippen LogP contribution in [-0.4, -0.2) is 39.4 Å². The Bertz CT molecular complexity index is 421. The summed E-state index contributed by atoms with van der Waals surface area (Å²) in [6.07, 6.45) is 0. The van der Waals surface area contributed by atoms with Gasteiger partial charge in [-0.25, -0.2) is 0 Å². The average Bonchev–Trinajstić information content (AvgIpc) is 2.38. The molecule has 112 valence electrons. The summed E-state index contributed by atoms with van der Waals surface area (Å²) < 4.78 is 10.0. The molecule has 0 radical (unpaired) electrons. The molecule has 1 atom stereocenters. The molecule has 1 aromatic rings. The van der Waals surface area contributed by atoms with E-state index < -0.39 is 0 Å². The second-order valence-corrected chi connectivity index (χ2v) is 5.01. The van der Waals surface area contributed by atoms with Crippen LogP contribution >= 0.6 is 0 Å². The van der Waals surface area contributed by atoms with E-state index in [-0.39, 0.29) is 18.6 Å². The van der Waals surface area contributed by atoms with Crippen molar-refractivity contribution in [2.24, 2.45) is 5.92 Å². The maximum atomic E-state index is 11.5. The zero-order valence-electron chi connectivity index (χ0n) is 12.6. The van der Waals surface area contributed by atoms with E-state index in [2.05, 4.69) is 24.5 Å². The van der Waals surface area contributed by atoms with E-state index >= 15 is 0 Å². The molecule has 5 nitrogen and oxygen atoms in total. The minimum Gasteiger partial charge on any atom is -0.383 e. The quantitative estimate of drug-likeness (QED) is 0.767. The molecule has 0 saturated carbocycles. The fraction of sp³-hybridized carbons (Fsp3) is 0.533. The fourth-order valence-corrected chi connectivity index (χ4v) is 1.81. The first-order valence-electron chi connectivity index (χ1n) is 6.71. The minimum atomic E-state index is -0.165. The zero-order valence-corrected chi connectivity index (χ0v) is 12.6. The molecule has 0 aliphatic carbocycles. The second kappa shape index (κ2) is 8.55. The topological polar surface area (TPSA) is 59.6 Å². The molecule has 0 aliphatic rings. The first kappa shape index (κ1) is 16.5. The van der Waals surface area contributed by atoms with Crippen molar-refractivity contribution in [3.63, 3.8) is 0 Å². The van der Waals surface area contributed by atoms with Crippen LogP contribution in [0.2, 0.25) is 0 Å². The number of carbonyl (C=O) groups excluding carboxylic acids is 1. The number of amides is 1. The third-order valence-corrected chi connectivity index (χ3v) is 2.92. The van der Waals surface area contributed by atoms with Crippen LogP contribution in [0.15, 0.2) is 24.3 Å². The van der Waals surface area contributed by atoms with Crippen molar-refractivity contribution < 1.29 is 14.3 Å². The van der Waals surface area contributed by atoms with Crippen molar-refractivity contribution in [2.75, 3.05) is 38.1 Å². The number of rotatable bonds is 8. The number of methoxy groups -OCH3 is 2. The van der Waals surface area contributed by atoms with Crippen LogP contribution in [0, 0.1) is 5.92 Å². The van der Waals surface area contributed by atoms with E-state index in [1.165, 1.54) is 7.11 Å². The summed E-state index contributed by atoms with van der Waals surface area (Å²) in [6, 6.07) is 7.84. The predicted octanol–water partition coefficient (Wildman–Crippen LogP) is 2.35. The van der Waals surface area contributed by atoms with E-state index in [4.69, 9.17) is 9.47 Å². The summed E-state index contributed by atoms with van der Waals surface area (Å²) in [5.74, 6) is 0.281. The molecule has 0 bridgehead atoms. The Labute approximate surface area is 120 Å². The van der Waals surface area contributed by atoms with E-state index in [1.807, 2.05) is 24.3 Å². The summed E-state index contributed by atoms with van der Waals surface area (Å²) >= 11 is 0. The molecular weight excluding hydrogens is 256 g/mol. The first-order valence-corrected chi connectivity index (χ1v) is 6.71. The summed E-state index contributed by atoms with van der Waals surface area (Å²) in [5, 5.41) is 6.20. The second-order valence-electron chi connectivity index (χ2n) is 5.01. The van der Waals surface area contributed by atoms with Gasteiger partial charge in [-0.15, -0.1) is 0 Å². The van der Waals surface area contributed by atoms with Crippen molar-refractivity contribution >= 4 is 17.3 Å². The van der Waals surface area contributed by atoms with Gasteiger partial charge in [0.2, 0.25) is 5.91 Å².